The number of carbonyl (C=O) groups is 2. The molecule has 36 heavy (non-hydrogen) atoms. The topological polar surface area (TPSA) is 108 Å². The summed E-state index contributed by atoms with van der Waals surface area (Å²) in [5.74, 6) is 0.504. The molecule has 0 fully saturated rings. The number of imidazole rings is 1. The molecule has 0 aliphatic heterocycles. The maximum atomic E-state index is 12.9. The Morgan fingerprint density at radius 2 is 1.78 bits per heavy atom. The number of aromatic nitrogens is 2. The van der Waals surface area contributed by atoms with E-state index in [1.54, 1.807) is 12.1 Å². The Balaban J connectivity index is 1.28. The van der Waals surface area contributed by atoms with Gasteiger partial charge in [0.1, 0.15) is 18.2 Å². The molecule has 0 aliphatic carbocycles. The van der Waals surface area contributed by atoms with Crippen molar-refractivity contribution in [2.45, 2.75) is 19.7 Å². The van der Waals surface area contributed by atoms with E-state index < -0.39 is 28.7 Å². The van der Waals surface area contributed by atoms with Gasteiger partial charge in [-0.2, -0.15) is 13.2 Å². The number of urea groups is 1. The van der Waals surface area contributed by atoms with Crippen LogP contribution in [0.3, 0.4) is 0 Å². The third kappa shape index (κ3) is 6.05. The number of anilines is 1. The van der Waals surface area contributed by atoms with Crippen LogP contribution in [-0.2, 0) is 12.8 Å². The van der Waals surface area contributed by atoms with Crippen LogP contribution in [0.25, 0.3) is 11.0 Å². The Hall–Kier alpha value is -4.25. The van der Waals surface area contributed by atoms with Crippen molar-refractivity contribution in [1.82, 2.24) is 20.8 Å². The molecule has 3 aromatic carbocycles. The number of benzene rings is 3. The van der Waals surface area contributed by atoms with Gasteiger partial charge in [-0.3, -0.25) is 10.2 Å². The molecule has 1 aromatic heterocycles. The Morgan fingerprint density at radius 1 is 1.03 bits per heavy atom. The highest BCUT2D eigenvalue weighted by molar-refractivity contribution is 6.31. The van der Waals surface area contributed by atoms with Crippen molar-refractivity contribution in [3.8, 4) is 5.75 Å². The van der Waals surface area contributed by atoms with Gasteiger partial charge in [0.05, 0.1) is 21.6 Å². The van der Waals surface area contributed by atoms with Crippen molar-refractivity contribution >= 4 is 40.3 Å². The lowest BCUT2D eigenvalue weighted by Crippen LogP contribution is -2.43. The Bertz CT molecular complexity index is 1420. The van der Waals surface area contributed by atoms with Gasteiger partial charge in [-0.25, -0.2) is 15.2 Å². The quantitative estimate of drug-likeness (QED) is 0.259. The van der Waals surface area contributed by atoms with E-state index in [1.807, 2.05) is 25.1 Å². The number of H-pyrrole nitrogens is 1. The van der Waals surface area contributed by atoms with E-state index >= 15 is 0 Å². The summed E-state index contributed by atoms with van der Waals surface area (Å²) in [5.41, 5.74) is 6.06. The molecule has 8 nitrogen and oxygen atoms in total. The van der Waals surface area contributed by atoms with Crippen LogP contribution in [0.4, 0.5) is 23.7 Å². The number of rotatable bonds is 5. The van der Waals surface area contributed by atoms with Crippen LogP contribution in [-0.4, -0.2) is 21.9 Å². The number of hydrogen-bond acceptors (Lipinski definition) is 4. The van der Waals surface area contributed by atoms with E-state index in [0.29, 0.717) is 17.6 Å². The smallest absolute Gasteiger partial charge is 0.417 e. The van der Waals surface area contributed by atoms with Crippen LogP contribution in [0.5, 0.6) is 5.75 Å². The first kappa shape index (κ1) is 24.9. The van der Waals surface area contributed by atoms with E-state index in [2.05, 4.69) is 26.1 Å². The fraction of sp³-hybridized carbons (Fsp3) is 0.125. The first-order valence-corrected chi connectivity index (χ1v) is 10.9. The third-order valence-electron chi connectivity index (χ3n) is 5.00. The second kappa shape index (κ2) is 10.2. The molecule has 0 saturated heterocycles. The zero-order chi connectivity index (χ0) is 25.9. The minimum atomic E-state index is -4.68. The van der Waals surface area contributed by atoms with Gasteiger partial charge in [0.25, 0.3) is 5.91 Å². The molecular weight excluding hydrogens is 499 g/mol. The summed E-state index contributed by atoms with van der Waals surface area (Å²) >= 11 is 5.55. The number of alkyl halides is 3. The maximum absolute atomic E-state index is 12.9. The number of aryl methyl sites for hydroxylation is 1. The first-order chi connectivity index (χ1) is 17.1. The standard InChI is InChI=1S/C24H19ClF3N5O3/c1-13-2-9-19-20(10-13)31-21(30-19)12-36-16-6-3-14(4-7-16)22(34)32-33-23(35)29-15-5-8-18(25)17(11-15)24(26,27)28/h2-11H,12H2,1H3,(H,30,31)(H,32,34)(H2,29,33,35). The van der Waals surface area contributed by atoms with E-state index in [4.69, 9.17) is 16.3 Å². The summed E-state index contributed by atoms with van der Waals surface area (Å²) in [6, 6.07) is 14.0. The Kier molecular flexibility index (Phi) is 7.02. The highest BCUT2D eigenvalue weighted by Gasteiger charge is 2.33. The largest absolute Gasteiger partial charge is 0.486 e. The minimum absolute atomic E-state index is 0.153. The number of carbonyl (C=O) groups excluding carboxylic acids is 2. The predicted octanol–water partition coefficient (Wildman–Crippen LogP) is 5.59. The second-order valence-electron chi connectivity index (χ2n) is 7.74. The Labute approximate surface area is 207 Å². The van der Waals surface area contributed by atoms with Gasteiger partial charge in [0.15, 0.2) is 0 Å². The van der Waals surface area contributed by atoms with Gasteiger partial charge in [-0.15, -0.1) is 0 Å². The van der Waals surface area contributed by atoms with Crippen LogP contribution >= 0.6 is 11.6 Å². The summed E-state index contributed by atoms with van der Waals surface area (Å²) in [7, 11) is 0. The van der Waals surface area contributed by atoms with Crippen molar-refractivity contribution in [3.63, 3.8) is 0 Å². The molecular formula is C24H19ClF3N5O3. The van der Waals surface area contributed by atoms with Gasteiger partial charge in [-0.1, -0.05) is 17.7 Å². The third-order valence-corrected chi connectivity index (χ3v) is 5.33. The lowest BCUT2D eigenvalue weighted by Gasteiger charge is -2.13. The lowest BCUT2D eigenvalue weighted by atomic mass is 10.2. The van der Waals surface area contributed by atoms with Gasteiger partial charge >= 0.3 is 12.2 Å². The number of ether oxygens (including phenoxy) is 1. The molecule has 0 spiro atoms. The molecule has 1 heterocycles. The molecule has 0 radical (unpaired) electrons. The monoisotopic (exact) mass is 517 g/mol. The molecule has 0 bridgehead atoms. The highest BCUT2D eigenvalue weighted by Crippen LogP contribution is 2.36. The van der Waals surface area contributed by atoms with E-state index in [1.165, 1.54) is 18.2 Å². The Morgan fingerprint density at radius 3 is 2.50 bits per heavy atom. The van der Waals surface area contributed by atoms with Crippen LogP contribution in [0, 0.1) is 6.92 Å². The van der Waals surface area contributed by atoms with Gasteiger partial charge in [0, 0.05) is 11.3 Å². The number of hydrazine groups is 1. The van der Waals surface area contributed by atoms with Gasteiger partial charge in [-0.05, 0) is 67.1 Å². The van der Waals surface area contributed by atoms with Crippen molar-refractivity contribution in [3.05, 3.63) is 88.2 Å². The average molecular weight is 518 g/mol. The number of hydrogen-bond donors (Lipinski definition) is 4. The predicted molar refractivity (Wildman–Crippen MR) is 128 cm³/mol. The van der Waals surface area contributed by atoms with Crippen LogP contribution < -0.4 is 20.9 Å². The fourth-order valence-corrected chi connectivity index (χ4v) is 3.49. The number of aromatic amines is 1. The van der Waals surface area contributed by atoms with Crippen molar-refractivity contribution in [1.29, 1.82) is 0 Å². The summed E-state index contributed by atoms with van der Waals surface area (Å²) in [4.78, 5) is 31.9. The van der Waals surface area contributed by atoms with Crippen molar-refractivity contribution in [2.24, 2.45) is 0 Å². The molecule has 0 atom stereocenters. The number of halogens is 4. The molecule has 4 rings (SSSR count). The normalized spacial score (nSPS) is 11.2. The summed E-state index contributed by atoms with van der Waals surface area (Å²) in [5, 5.41) is 1.69. The number of nitrogens with zero attached hydrogens (tertiary/aromatic N) is 1. The number of nitrogens with one attached hydrogen (secondary N) is 4. The average Bonchev–Trinajstić information content (AvgIpc) is 3.24. The molecule has 186 valence electrons. The number of fused-ring (bicyclic) bond motifs is 1. The fourth-order valence-electron chi connectivity index (χ4n) is 3.27. The van der Waals surface area contributed by atoms with Crippen LogP contribution in [0.1, 0.15) is 27.3 Å². The molecule has 0 aliphatic rings. The van der Waals surface area contributed by atoms with Crippen LogP contribution in [0.15, 0.2) is 60.7 Å². The summed E-state index contributed by atoms with van der Waals surface area (Å²) in [6.07, 6.45) is -4.68. The molecule has 0 saturated carbocycles. The zero-order valence-electron chi connectivity index (χ0n) is 18.7. The summed E-state index contributed by atoms with van der Waals surface area (Å²) in [6.45, 7) is 2.19. The second-order valence-corrected chi connectivity index (χ2v) is 8.15. The van der Waals surface area contributed by atoms with E-state index in [0.717, 1.165) is 22.7 Å². The molecule has 4 N–H and O–H groups in total. The van der Waals surface area contributed by atoms with E-state index in [-0.39, 0.29) is 17.9 Å². The molecule has 0 unspecified atom stereocenters. The van der Waals surface area contributed by atoms with Crippen molar-refractivity contribution in [2.75, 3.05) is 5.32 Å². The first-order valence-electron chi connectivity index (χ1n) is 10.5. The minimum Gasteiger partial charge on any atom is -0.486 e. The van der Waals surface area contributed by atoms with E-state index in [9.17, 15) is 22.8 Å². The highest BCUT2D eigenvalue weighted by atomic mass is 35.5. The SMILES string of the molecule is Cc1ccc2nc(COc3ccc(C(=O)NNC(=O)Nc4ccc(Cl)c(C(F)(F)F)c4)cc3)[nH]c2c1. The molecule has 3 amide bonds. The summed E-state index contributed by atoms with van der Waals surface area (Å²) < 4.78 is 44.5. The van der Waals surface area contributed by atoms with Crippen molar-refractivity contribution < 1.29 is 27.5 Å². The number of amides is 3. The van der Waals surface area contributed by atoms with Gasteiger partial charge < -0.3 is 15.0 Å². The van der Waals surface area contributed by atoms with Crippen LogP contribution in [0.2, 0.25) is 5.02 Å². The zero-order valence-corrected chi connectivity index (χ0v) is 19.4. The molecule has 12 heteroatoms. The van der Waals surface area contributed by atoms with Gasteiger partial charge in [0.2, 0.25) is 0 Å². The lowest BCUT2D eigenvalue weighted by molar-refractivity contribution is -0.137. The molecule has 4 aromatic rings. The maximum Gasteiger partial charge on any atom is 0.417 e.